The van der Waals surface area contributed by atoms with Crippen molar-refractivity contribution in [1.82, 2.24) is 4.98 Å². The minimum absolute atomic E-state index is 0.763. The summed E-state index contributed by atoms with van der Waals surface area (Å²) in [5, 5.41) is 6.69. The summed E-state index contributed by atoms with van der Waals surface area (Å²) in [7, 11) is 0. The molecule has 4 heteroatoms. The third kappa shape index (κ3) is 3.63. The minimum Gasteiger partial charge on any atom is -0.378 e. The Labute approximate surface area is 142 Å². The number of halogens is 1. The Balaban J connectivity index is 1.70. The van der Waals surface area contributed by atoms with Gasteiger partial charge in [-0.2, -0.15) is 0 Å². The van der Waals surface area contributed by atoms with E-state index in [1.54, 1.807) is 11.3 Å². The van der Waals surface area contributed by atoms with Gasteiger partial charge in [-0.25, -0.2) is 4.98 Å². The van der Waals surface area contributed by atoms with Gasteiger partial charge < -0.3 is 5.32 Å². The van der Waals surface area contributed by atoms with E-state index >= 15 is 0 Å². The third-order valence-electron chi connectivity index (χ3n) is 3.24. The highest BCUT2D eigenvalue weighted by Crippen LogP contribution is 2.23. The van der Waals surface area contributed by atoms with Crippen molar-refractivity contribution in [2.75, 3.05) is 5.32 Å². The van der Waals surface area contributed by atoms with Crippen LogP contribution in [0.2, 0.25) is 0 Å². The zero-order valence-corrected chi connectivity index (χ0v) is 14.6. The van der Waals surface area contributed by atoms with Crippen molar-refractivity contribution >= 4 is 39.6 Å². The number of aryl methyl sites for hydroxylation is 1. The van der Waals surface area contributed by atoms with Gasteiger partial charge in [-0.15, -0.1) is 11.3 Å². The van der Waals surface area contributed by atoms with E-state index in [9.17, 15) is 0 Å². The molecule has 1 heterocycles. The van der Waals surface area contributed by atoms with Gasteiger partial charge in [-0.3, -0.25) is 0 Å². The summed E-state index contributed by atoms with van der Waals surface area (Å²) in [6, 6.07) is 16.7. The first-order valence-corrected chi connectivity index (χ1v) is 8.68. The highest BCUT2D eigenvalue weighted by molar-refractivity contribution is 14.1. The highest BCUT2D eigenvalue weighted by atomic mass is 127. The average molecular weight is 406 g/mol. The number of aromatic nitrogens is 1. The van der Waals surface area contributed by atoms with E-state index in [1.807, 2.05) is 18.2 Å². The van der Waals surface area contributed by atoms with Crippen molar-refractivity contribution < 1.29 is 0 Å². The lowest BCUT2D eigenvalue weighted by Crippen LogP contribution is -2.00. The Morgan fingerprint density at radius 2 is 1.95 bits per heavy atom. The van der Waals surface area contributed by atoms with Crippen molar-refractivity contribution in [1.29, 1.82) is 0 Å². The Morgan fingerprint density at radius 1 is 1.14 bits per heavy atom. The molecule has 106 valence electrons. The first-order chi connectivity index (χ1) is 10.2. The molecule has 0 fully saturated rings. The number of hydrogen-bond acceptors (Lipinski definition) is 3. The molecule has 2 nitrogen and oxygen atoms in total. The summed E-state index contributed by atoms with van der Waals surface area (Å²) >= 11 is 4.03. The fourth-order valence-corrected chi connectivity index (χ4v) is 3.52. The molecule has 0 aliphatic heterocycles. The second-order valence-electron chi connectivity index (χ2n) is 4.81. The summed E-state index contributed by atoms with van der Waals surface area (Å²) in [5.74, 6) is 0. The average Bonchev–Trinajstić information content (AvgIpc) is 2.96. The van der Waals surface area contributed by atoms with Gasteiger partial charge in [0.15, 0.2) is 0 Å². The molecule has 0 spiro atoms. The second kappa shape index (κ2) is 6.58. The minimum atomic E-state index is 0.763. The van der Waals surface area contributed by atoms with Crippen LogP contribution >= 0.6 is 33.9 Å². The van der Waals surface area contributed by atoms with Gasteiger partial charge in [-0.05, 0) is 53.3 Å². The number of nitrogens with zero attached hydrogens (tertiary/aromatic N) is 1. The fraction of sp³-hybridized carbons (Fsp3) is 0.118. The van der Waals surface area contributed by atoms with E-state index in [0.29, 0.717) is 0 Å². The summed E-state index contributed by atoms with van der Waals surface area (Å²) in [5.41, 5.74) is 4.66. The number of anilines is 1. The van der Waals surface area contributed by atoms with E-state index in [4.69, 9.17) is 4.98 Å². The molecule has 3 rings (SSSR count). The molecule has 1 N–H and O–H groups in total. The Kier molecular flexibility index (Phi) is 4.55. The molecule has 0 radical (unpaired) electrons. The second-order valence-corrected chi connectivity index (χ2v) is 6.99. The van der Waals surface area contributed by atoms with Crippen LogP contribution in [0.5, 0.6) is 0 Å². The molecule has 0 amide bonds. The monoisotopic (exact) mass is 406 g/mol. The quantitative estimate of drug-likeness (QED) is 0.592. The smallest absolute Gasteiger partial charge is 0.112 e. The van der Waals surface area contributed by atoms with Crippen molar-refractivity contribution in [3.63, 3.8) is 0 Å². The van der Waals surface area contributed by atoms with E-state index in [0.717, 1.165) is 17.2 Å². The van der Waals surface area contributed by atoms with Crippen molar-refractivity contribution in [3.8, 4) is 11.3 Å². The van der Waals surface area contributed by atoms with Gasteiger partial charge in [0.25, 0.3) is 0 Å². The van der Waals surface area contributed by atoms with Crippen molar-refractivity contribution in [2.45, 2.75) is 13.5 Å². The maximum Gasteiger partial charge on any atom is 0.112 e. The van der Waals surface area contributed by atoms with Crippen LogP contribution in [0.15, 0.2) is 53.9 Å². The Morgan fingerprint density at radius 3 is 2.71 bits per heavy atom. The number of rotatable bonds is 4. The van der Waals surface area contributed by atoms with Gasteiger partial charge >= 0.3 is 0 Å². The lowest BCUT2D eigenvalue weighted by atomic mass is 10.2. The van der Waals surface area contributed by atoms with E-state index in [1.165, 1.54) is 20.4 Å². The normalized spacial score (nSPS) is 10.6. The molecule has 0 saturated heterocycles. The van der Waals surface area contributed by atoms with E-state index in [2.05, 4.69) is 70.5 Å². The topological polar surface area (TPSA) is 24.9 Å². The maximum absolute atomic E-state index is 4.70. The molecule has 0 aliphatic rings. The zero-order chi connectivity index (χ0) is 14.7. The van der Waals surface area contributed by atoms with Crippen LogP contribution in [-0.2, 0) is 6.54 Å². The molecular formula is C17H15IN2S. The van der Waals surface area contributed by atoms with Gasteiger partial charge in [0.1, 0.15) is 5.01 Å². The Bertz CT molecular complexity index is 738. The van der Waals surface area contributed by atoms with E-state index < -0.39 is 0 Å². The summed E-state index contributed by atoms with van der Waals surface area (Å²) in [4.78, 5) is 4.70. The van der Waals surface area contributed by atoms with Crippen LogP contribution in [-0.4, -0.2) is 4.98 Å². The molecule has 2 aromatic carbocycles. The number of hydrogen-bond donors (Lipinski definition) is 1. The molecule has 0 atom stereocenters. The molecule has 0 bridgehead atoms. The molecule has 21 heavy (non-hydrogen) atoms. The van der Waals surface area contributed by atoms with Crippen LogP contribution in [0.3, 0.4) is 0 Å². The lowest BCUT2D eigenvalue weighted by Gasteiger charge is -2.08. The predicted octanol–water partition coefficient (Wildman–Crippen LogP) is 5.34. The van der Waals surface area contributed by atoms with Crippen LogP contribution in [0.1, 0.15) is 10.6 Å². The molecule has 0 saturated carbocycles. The molecular weight excluding hydrogens is 391 g/mol. The highest BCUT2D eigenvalue weighted by Gasteiger charge is 2.05. The maximum atomic E-state index is 4.70. The van der Waals surface area contributed by atoms with Crippen LogP contribution in [0.25, 0.3) is 11.3 Å². The van der Waals surface area contributed by atoms with Gasteiger partial charge in [-0.1, -0.05) is 30.3 Å². The van der Waals surface area contributed by atoms with Crippen molar-refractivity contribution in [2.24, 2.45) is 0 Å². The van der Waals surface area contributed by atoms with Crippen LogP contribution in [0, 0.1) is 10.5 Å². The fourth-order valence-electron chi connectivity index (χ4n) is 2.13. The van der Waals surface area contributed by atoms with Crippen LogP contribution < -0.4 is 5.32 Å². The number of nitrogens with one attached hydrogen (secondary N) is 1. The summed E-state index contributed by atoms with van der Waals surface area (Å²) < 4.78 is 1.26. The van der Waals surface area contributed by atoms with Gasteiger partial charge in [0.05, 0.1) is 12.2 Å². The van der Waals surface area contributed by atoms with Crippen molar-refractivity contribution in [3.05, 3.63) is 68.1 Å². The standard InChI is InChI=1S/C17H15IN2S/c1-12-9-14(18)7-8-15(12)19-10-17-20-16(11-21-17)13-5-3-2-4-6-13/h2-9,11,19H,10H2,1H3. The molecule has 0 aliphatic carbocycles. The summed E-state index contributed by atoms with van der Waals surface area (Å²) in [6.45, 7) is 2.89. The first-order valence-electron chi connectivity index (χ1n) is 6.72. The number of thiazole rings is 1. The van der Waals surface area contributed by atoms with E-state index in [-0.39, 0.29) is 0 Å². The van der Waals surface area contributed by atoms with Crippen LogP contribution in [0.4, 0.5) is 5.69 Å². The zero-order valence-electron chi connectivity index (χ0n) is 11.6. The largest absolute Gasteiger partial charge is 0.378 e. The molecule has 0 unspecified atom stereocenters. The predicted molar refractivity (Wildman–Crippen MR) is 98.8 cm³/mol. The lowest BCUT2D eigenvalue weighted by molar-refractivity contribution is 1.10. The number of benzene rings is 2. The summed E-state index contributed by atoms with van der Waals surface area (Å²) in [6.07, 6.45) is 0. The third-order valence-corrected chi connectivity index (χ3v) is 4.76. The Hall–Kier alpha value is -1.40. The van der Waals surface area contributed by atoms with Gasteiger partial charge in [0, 0.05) is 20.2 Å². The molecule has 3 aromatic rings. The molecule has 1 aromatic heterocycles. The first kappa shape index (κ1) is 14.5. The van der Waals surface area contributed by atoms with Gasteiger partial charge in [0.2, 0.25) is 0 Å². The SMILES string of the molecule is Cc1cc(I)ccc1NCc1nc(-c2ccccc2)cs1.